The predicted molar refractivity (Wildman–Crippen MR) is 78.2 cm³/mol. The van der Waals surface area contributed by atoms with Gasteiger partial charge in [-0.15, -0.1) is 0 Å². The number of nitrogens with zero attached hydrogens (tertiary/aromatic N) is 1. The van der Waals surface area contributed by atoms with E-state index in [4.69, 9.17) is 0 Å². The maximum absolute atomic E-state index is 3.55. The number of fused-ring (bicyclic) bond motifs is 1. The van der Waals surface area contributed by atoms with E-state index in [1.807, 2.05) is 0 Å². The first-order chi connectivity index (χ1) is 9.38. The lowest BCUT2D eigenvalue weighted by molar-refractivity contribution is 0.142. The zero-order valence-electron chi connectivity index (χ0n) is 11.6. The van der Waals surface area contributed by atoms with Gasteiger partial charge >= 0.3 is 0 Å². The van der Waals surface area contributed by atoms with Crippen LogP contribution in [0.3, 0.4) is 0 Å². The Balaban J connectivity index is 1.42. The fourth-order valence-corrected chi connectivity index (χ4v) is 3.87. The van der Waals surface area contributed by atoms with Crippen LogP contribution in [0.4, 0.5) is 0 Å². The van der Waals surface area contributed by atoms with Crippen LogP contribution in [-0.4, -0.2) is 31.1 Å². The number of nitrogens with one attached hydrogen (secondary N) is 1. The topological polar surface area (TPSA) is 15.3 Å². The van der Waals surface area contributed by atoms with Crippen LogP contribution in [-0.2, 0) is 6.54 Å². The monoisotopic (exact) mass is 256 g/mol. The van der Waals surface area contributed by atoms with E-state index in [0.717, 1.165) is 24.3 Å². The van der Waals surface area contributed by atoms with E-state index in [9.17, 15) is 0 Å². The number of hydrogen-bond donors (Lipinski definition) is 1. The van der Waals surface area contributed by atoms with Crippen LogP contribution in [0.2, 0.25) is 0 Å². The minimum absolute atomic E-state index is 0.879. The average molecular weight is 256 g/mol. The molecule has 2 nitrogen and oxygen atoms in total. The molecule has 2 aliphatic heterocycles. The summed E-state index contributed by atoms with van der Waals surface area (Å²) in [6.07, 6.45) is 4.20. The highest BCUT2D eigenvalue weighted by molar-refractivity contribution is 5.29. The number of hydrogen-bond acceptors (Lipinski definition) is 2. The summed E-state index contributed by atoms with van der Waals surface area (Å²) in [5.74, 6) is 2.74. The molecule has 2 heteroatoms. The highest BCUT2D eigenvalue weighted by Gasteiger charge is 2.32. The summed E-state index contributed by atoms with van der Waals surface area (Å²) >= 11 is 0. The third-order valence-electron chi connectivity index (χ3n) is 5.19. The Morgan fingerprint density at radius 1 is 1.11 bits per heavy atom. The van der Waals surface area contributed by atoms with Gasteiger partial charge in [0.2, 0.25) is 0 Å². The number of likely N-dealkylation sites (tertiary alicyclic amines) is 1. The summed E-state index contributed by atoms with van der Waals surface area (Å²) in [6, 6.07) is 9.34. The summed E-state index contributed by atoms with van der Waals surface area (Å²) in [5, 5.41) is 3.55. The van der Waals surface area contributed by atoms with Crippen LogP contribution in [0.1, 0.15) is 36.3 Å². The van der Waals surface area contributed by atoms with Gasteiger partial charge in [-0.3, -0.25) is 4.90 Å². The first kappa shape index (κ1) is 11.9. The van der Waals surface area contributed by atoms with Crippen molar-refractivity contribution >= 4 is 0 Å². The predicted octanol–water partition coefficient (Wildman–Crippen LogP) is 2.61. The standard InChI is InChI=1S/C17H24N2/c1-2-13(8-15(3-1)14-4-5-14)11-19-7-6-16-9-18-10-17(16)12-19/h1-3,8,14,16-18H,4-7,9-12H2. The molecular weight excluding hydrogens is 232 g/mol. The molecule has 3 fully saturated rings. The Hall–Kier alpha value is -0.860. The molecule has 102 valence electrons. The van der Waals surface area contributed by atoms with Crippen molar-refractivity contribution in [2.24, 2.45) is 11.8 Å². The van der Waals surface area contributed by atoms with Gasteiger partial charge in [0.05, 0.1) is 0 Å². The molecule has 0 aromatic heterocycles. The lowest BCUT2D eigenvalue weighted by Gasteiger charge is -2.34. The van der Waals surface area contributed by atoms with Crippen LogP contribution in [0.25, 0.3) is 0 Å². The Labute approximate surface area is 116 Å². The van der Waals surface area contributed by atoms with Crippen molar-refractivity contribution in [2.75, 3.05) is 26.2 Å². The van der Waals surface area contributed by atoms with Gasteiger partial charge in [0.15, 0.2) is 0 Å². The van der Waals surface area contributed by atoms with Crippen molar-refractivity contribution in [1.82, 2.24) is 10.2 Å². The van der Waals surface area contributed by atoms with Crippen LogP contribution < -0.4 is 5.32 Å². The van der Waals surface area contributed by atoms with Crippen molar-refractivity contribution in [2.45, 2.75) is 31.7 Å². The Kier molecular flexibility index (Phi) is 3.08. The van der Waals surface area contributed by atoms with E-state index in [0.29, 0.717) is 0 Å². The molecular formula is C17H24N2. The molecule has 1 aromatic carbocycles. The summed E-state index contributed by atoms with van der Waals surface area (Å²) in [5.41, 5.74) is 3.10. The van der Waals surface area contributed by atoms with E-state index >= 15 is 0 Å². The molecule has 19 heavy (non-hydrogen) atoms. The van der Waals surface area contributed by atoms with E-state index in [1.165, 1.54) is 51.0 Å². The maximum Gasteiger partial charge on any atom is 0.0233 e. The van der Waals surface area contributed by atoms with Gasteiger partial charge in [-0.25, -0.2) is 0 Å². The molecule has 1 N–H and O–H groups in total. The largest absolute Gasteiger partial charge is 0.316 e. The van der Waals surface area contributed by atoms with Crippen molar-refractivity contribution < 1.29 is 0 Å². The van der Waals surface area contributed by atoms with Gasteiger partial charge in [-0.05, 0) is 67.8 Å². The zero-order chi connectivity index (χ0) is 12.7. The van der Waals surface area contributed by atoms with Crippen molar-refractivity contribution in [1.29, 1.82) is 0 Å². The number of benzene rings is 1. The smallest absolute Gasteiger partial charge is 0.0233 e. The fraction of sp³-hybridized carbons (Fsp3) is 0.647. The third-order valence-corrected chi connectivity index (χ3v) is 5.19. The lowest BCUT2D eigenvalue weighted by atomic mass is 9.88. The first-order valence-corrected chi connectivity index (χ1v) is 7.90. The average Bonchev–Trinajstić information content (AvgIpc) is 3.18. The second kappa shape index (κ2) is 4.92. The minimum Gasteiger partial charge on any atom is -0.316 e. The van der Waals surface area contributed by atoms with Gasteiger partial charge in [0.1, 0.15) is 0 Å². The molecule has 2 unspecified atom stereocenters. The van der Waals surface area contributed by atoms with Crippen LogP contribution in [0.5, 0.6) is 0 Å². The summed E-state index contributed by atoms with van der Waals surface area (Å²) < 4.78 is 0. The molecule has 2 heterocycles. The maximum atomic E-state index is 3.55. The molecule has 4 rings (SSSR count). The molecule has 1 saturated carbocycles. The number of piperidine rings is 1. The molecule has 2 atom stereocenters. The van der Waals surface area contributed by atoms with Crippen LogP contribution in [0.15, 0.2) is 24.3 Å². The van der Waals surface area contributed by atoms with E-state index in [-0.39, 0.29) is 0 Å². The van der Waals surface area contributed by atoms with E-state index in [2.05, 4.69) is 34.5 Å². The molecule has 1 aromatic rings. The first-order valence-electron chi connectivity index (χ1n) is 7.90. The lowest BCUT2D eigenvalue weighted by Crippen LogP contribution is -2.39. The SMILES string of the molecule is c1cc(CN2CCC3CNCC3C2)cc(C2CC2)c1. The summed E-state index contributed by atoms with van der Waals surface area (Å²) in [7, 11) is 0. The Morgan fingerprint density at radius 2 is 2.00 bits per heavy atom. The second-order valence-electron chi connectivity index (χ2n) is 6.72. The Morgan fingerprint density at radius 3 is 2.89 bits per heavy atom. The van der Waals surface area contributed by atoms with Gasteiger partial charge in [-0.1, -0.05) is 24.3 Å². The number of rotatable bonds is 3. The minimum atomic E-state index is 0.879. The van der Waals surface area contributed by atoms with Crippen LogP contribution in [0, 0.1) is 11.8 Å². The Bertz CT molecular complexity index is 452. The van der Waals surface area contributed by atoms with Gasteiger partial charge < -0.3 is 5.32 Å². The van der Waals surface area contributed by atoms with Crippen molar-refractivity contribution in [3.8, 4) is 0 Å². The highest BCUT2D eigenvalue weighted by atomic mass is 15.1. The molecule has 1 aliphatic carbocycles. The van der Waals surface area contributed by atoms with Crippen molar-refractivity contribution in [3.05, 3.63) is 35.4 Å². The molecule has 0 spiro atoms. The van der Waals surface area contributed by atoms with Gasteiger partial charge in [-0.2, -0.15) is 0 Å². The molecule has 2 saturated heterocycles. The molecule has 3 aliphatic rings. The quantitative estimate of drug-likeness (QED) is 0.894. The summed E-state index contributed by atoms with van der Waals surface area (Å²) in [4.78, 5) is 2.67. The molecule has 0 bridgehead atoms. The summed E-state index contributed by atoms with van der Waals surface area (Å²) in [6.45, 7) is 6.24. The normalized spacial score (nSPS) is 31.4. The molecule has 0 amide bonds. The van der Waals surface area contributed by atoms with Gasteiger partial charge in [0.25, 0.3) is 0 Å². The van der Waals surface area contributed by atoms with Gasteiger partial charge in [0, 0.05) is 13.1 Å². The zero-order valence-corrected chi connectivity index (χ0v) is 11.6. The van der Waals surface area contributed by atoms with E-state index < -0.39 is 0 Å². The third kappa shape index (κ3) is 2.56. The van der Waals surface area contributed by atoms with Crippen LogP contribution >= 0.6 is 0 Å². The van der Waals surface area contributed by atoms with Crippen molar-refractivity contribution in [3.63, 3.8) is 0 Å². The highest BCUT2D eigenvalue weighted by Crippen LogP contribution is 2.40. The fourth-order valence-electron chi connectivity index (χ4n) is 3.87. The van der Waals surface area contributed by atoms with E-state index in [1.54, 1.807) is 5.56 Å². The molecule has 0 radical (unpaired) electrons. The second-order valence-corrected chi connectivity index (χ2v) is 6.72.